The molecule has 1 aliphatic rings. The number of anilines is 3. The molecule has 4 aromatic rings. The van der Waals surface area contributed by atoms with Gasteiger partial charge in [0, 0.05) is 74.1 Å². The molecule has 4 heterocycles. The van der Waals surface area contributed by atoms with Crippen molar-refractivity contribution in [2.75, 3.05) is 36.1 Å². The van der Waals surface area contributed by atoms with Gasteiger partial charge < -0.3 is 14.8 Å². The number of benzene rings is 1. The molecule has 188 valence electrons. The topological polar surface area (TPSA) is 107 Å². The zero-order valence-corrected chi connectivity index (χ0v) is 22.1. The molecule has 9 nitrogen and oxygen atoms in total. The van der Waals surface area contributed by atoms with E-state index in [4.69, 9.17) is 9.97 Å². The highest BCUT2D eigenvalue weighted by atomic mass is 32.2. The average molecular weight is 505 g/mol. The van der Waals surface area contributed by atoms with E-state index in [9.17, 15) is 4.55 Å². The second kappa shape index (κ2) is 10.0. The summed E-state index contributed by atoms with van der Waals surface area (Å²) in [5, 5.41) is 10.1. The Balaban J connectivity index is 1.43. The summed E-state index contributed by atoms with van der Waals surface area (Å²) in [6, 6.07) is 8.37. The van der Waals surface area contributed by atoms with Crippen molar-refractivity contribution in [3.63, 3.8) is 0 Å². The molecule has 1 atom stereocenters. The first-order chi connectivity index (χ1) is 17.3. The molecular formula is C26H32N8OS. The van der Waals surface area contributed by atoms with Gasteiger partial charge in [0.05, 0.1) is 11.3 Å². The molecule has 0 bridgehead atoms. The average Bonchev–Trinajstić information content (AvgIpc) is 3.18. The smallest absolute Gasteiger partial charge is 0.164 e. The molecule has 0 saturated carbocycles. The van der Waals surface area contributed by atoms with E-state index < -0.39 is 11.4 Å². The van der Waals surface area contributed by atoms with Crippen LogP contribution < -0.4 is 14.9 Å². The molecule has 1 unspecified atom stereocenters. The van der Waals surface area contributed by atoms with Gasteiger partial charge in [-0.2, -0.15) is 5.10 Å². The van der Waals surface area contributed by atoms with Gasteiger partial charge in [0.25, 0.3) is 0 Å². The van der Waals surface area contributed by atoms with E-state index in [-0.39, 0.29) is 0 Å². The van der Waals surface area contributed by atoms with Crippen molar-refractivity contribution < 1.29 is 4.55 Å². The quantitative estimate of drug-likeness (QED) is 0.348. The fourth-order valence-corrected chi connectivity index (χ4v) is 5.58. The van der Waals surface area contributed by atoms with Crippen LogP contribution in [0.25, 0.3) is 22.2 Å². The van der Waals surface area contributed by atoms with Crippen molar-refractivity contribution in [1.29, 1.82) is 0 Å². The lowest BCUT2D eigenvalue weighted by atomic mass is 9.93. The number of hydrogen-bond donors (Lipinski definition) is 2. The van der Waals surface area contributed by atoms with Crippen LogP contribution in [-0.4, -0.2) is 55.2 Å². The largest absolute Gasteiger partial charge is 0.598 e. The summed E-state index contributed by atoms with van der Waals surface area (Å²) >= 11 is -0.963. The minimum absolute atomic E-state index is 0.373. The van der Waals surface area contributed by atoms with E-state index in [2.05, 4.69) is 57.1 Å². The van der Waals surface area contributed by atoms with Gasteiger partial charge >= 0.3 is 0 Å². The Kier molecular flexibility index (Phi) is 6.83. The molecular weight excluding hydrogens is 472 g/mol. The first kappa shape index (κ1) is 24.5. The summed E-state index contributed by atoms with van der Waals surface area (Å²) in [4.78, 5) is 16.2. The minimum atomic E-state index is -0.963. The van der Waals surface area contributed by atoms with Crippen molar-refractivity contribution in [1.82, 2.24) is 29.5 Å². The van der Waals surface area contributed by atoms with Gasteiger partial charge in [-0.3, -0.25) is 4.68 Å². The summed E-state index contributed by atoms with van der Waals surface area (Å²) in [7, 11) is 3.63. The normalized spacial score (nSPS) is 14.9. The molecule has 0 aliphatic carbocycles. The highest BCUT2D eigenvalue weighted by molar-refractivity contribution is 7.89. The summed E-state index contributed by atoms with van der Waals surface area (Å²) in [6.45, 7) is 8.18. The Morgan fingerprint density at radius 2 is 1.94 bits per heavy atom. The summed E-state index contributed by atoms with van der Waals surface area (Å²) in [5.41, 5.74) is 4.25. The summed E-state index contributed by atoms with van der Waals surface area (Å²) in [5.74, 6) is 3.53. The van der Waals surface area contributed by atoms with Crippen LogP contribution in [0.3, 0.4) is 0 Å². The number of nitrogens with one attached hydrogen (secondary N) is 2. The minimum Gasteiger partial charge on any atom is -0.598 e. The highest BCUT2D eigenvalue weighted by Gasteiger charge is 2.32. The van der Waals surface area contributed by atoms with Crippen LogP contribution in [0.15, 0.2) is 42.9 Å². The molecule has 0 amide bonds. The molecule has 1 aromatic carbocycles. The van der Waals surface area contributed by atoms with E-state index in [0.717, 1.165) is 35.6 Å². The number of pyridine rings is 1. The van der Waals surface area contributed by atoms with Crippen LogP contribution >= 0.6 is 0 Å². The summed E-state index contributed by atoms with van der Waals surface area (Å²) in [6.07, 6.45) is 5.62. The first-order valence-corrected chi connectivity index (χ1v) is 13.5. The van der Waals surface area contributed by atoms with E-state index in [1.807, 2.05) is 32.4 Å². The van der Waals surface area contributed by atoms with Crippen LogP contribution in [0.4, 0.5) is 17.3 Å². The standard InChI is InChI=1S/C26H32N8OS/c1-16(2)19-6-7-23(34-12-18(13-34)15-36(35)27-4)21-11-29-25(10-20(19)21)30-24-8-9-28-26(31-24)22-14-33(5)32-17(22)3/h6-11,14,16,18,27H,12-13,15H2,1-5H3,(H,28,29,30,31). The zero-order chi connectivity index (χ0) is 25.4. The second-order valence-electron chi connectivity index (χ2n) is 9.62. The van der Waals surface area contributed by atoms with Gasteiger partial charge in [-0.05, 0) is 42.0 Å². The number of fused-ring (bicyclic) bond motifs is 1. The van der Waals surface area contributed by atoms with E-state index >= 15 is 0 Å². The van der Waals surface area contributed by atoms with Crippen LogP contribution in [0.2, 0.25) is 0 Å². The van der Waals surface area contributed by atoms with Crippen molar-refractivity contribution in [3.05, 3.63) is 54.1 Å². The molecule has 0 radical (unpaired) electrons. The maximum atomic E-state index is 11.8. The van der Waals surface area contributed by atoms with E-state index in [1.165, 1.54) is 16.6 Å². The fraction of sp³-hybridized carbons (Fsp3) is 0.385. The van der Waals surface area contributed by atoms with Crippen molar-refractivity contribution >= 4 is 39.5 Å². The van der Waals surface area contributed by atoms with Gasteiger partial charge in [0.15, 0.2) is 5.82 Å². The Hall–Kier alpha value is -3.21. The fourth-order valence-electron chi connectivity index (χ4n) is 4.77. The molecule has 0 spiro atoms. The number of rotatable bonds is 8. The van der Waals surface area contributed by atoms with Crippen molar-refractivity contribution in [2.45, 2.75) is 26.7 Å². The Morgan fingerprint density at radius 1 is 1.14 bits per heavy atom. The predicted molar refractivity (Wildman–Crippen MR) is 146 cm³/mol. The SMILES string of the molecule is CN[S+]([O-])CC1CN(c2ccc(C(C)C)c3cc(Nc4ccnc(-c5cn(C)nc5C)n4)ncc23)C1. The van der Waals surface area contributed by atoms with Crippen LogP contribution in [0.5, 0.6) is 0 Å². The first-order valence-electron chi connectivity index (χ1n) is 12.2. The van der Waals surface area contributed by atoms with Crippen LogP contribution in [-0.2, 0) is 18.4 Å². The highest BCUT2D eigenvalue weighted by Crippen LogP contribution is 2.37. The third-order valence-electron chi connectivity index (χ3n) is 6.61. The number of nitrogens with zero attached hydrogens (tertiary/aromatic N) is 6. The molecule has 5 rings (SSSR count). The molecule has 36 heavy (non-hydrogen) atoms. The molecule has 10 heteroatoms. The third kappa shape index (κ3) is 4.88. The lowest BCUT2D eigenvalue weighted by Gasteiger charge is -2.41. The van der Waals surface area contributed by atoms with E-state index in [1.54, 1.807) is 17.9 Å². The maximum absolute atomic E-state index is 11.8. The third-order valence-corrected chi connectivity index (χ3v) is 7.84. The number of aromatic nitrogens is 5. The van der Waals surface area contributed by atoms with Crippen molar-refractivity contribution in [2.24, 2.45) is 13.0 Å². The monoisotopic (exact) mass is 504 g/mol. The Morgan fingerprint density at radius 3 is 2.64 bits per heavy atom. The van der Waals surface area contributed by atoms with Crippen LogP contribution in [0.1, 0.15) is 31.0 Å². The molecule has 2 N–H and O–H groups in total. The van der Waals surface area contributed by atoms with Gasteiger partial charge in [-0.1, -0.05) is 19.9 Å². The van der Waals surface area contributed by atoms with Crippen LogP contribution in [0, 0.1) is 12.8 Å². The van der Waals surface area contributed by atoms with Gasteiger partial charge in [0.1, 0.15) is 17.4 Å². The molecule has 3 aromatic heterocycles. The maximum Gasteiger partial charge on any atom is 0.164 e. The van der Waals surface area contributed by atoms with Gasteiger partial charge in [-0.15, -0.1) is 4.72 Å². The summed E-state index contributed by atoms with van der Waals surface area (Å²) < 4.78 is 16.5. The lowest BCUT2D eigenvalue weighted by molar-refractivity contribution is 0.443. The van der Waals surface area contributed by atoms with E-state index in [0.29, 0.717) is 29.2 Å². The zero-order valence-electron chi connectivity index (χ0n) is 21.3. The number of aryl methyl sites for hydroxylation is 2. The predicted octanol–water partition coefficient (Wildman–Crippen LogP) is 3.92. The Bertz CT molecular complexity index is 1380. The molecule has 1 aliphatic heterocycles. The Labute approximate surface area is 214 Å². The van der Waals surface area contributed by atoms with Gasteiger partial charge in [-0.25, -0.2) is 15.0 Å². The lowest BCUT2D eigenvalue weighted by Crippen LogP contribution is -2.50. The molecule has 1 fully saturated rings. The van der Waals surface area contributed by atoms with Crippen molar-refractivity contribution in [3.8, 4) is 11.4 Å². The number of hydrogen-bond acceptors (Lipinski definition) is 8. The molecule has 1 saturated heterocycles. The second-order valence-corrected chi connectivity index (χ2v) is 11.1. The van der Waals surface area contributed by atoms with Gasteiger partial charge in [0.2, 0.25) is 0 Å².